The SMILES string of the molecule is O=C(NCc1cc(Br)cs1)c1c(Cl)cccc1Cl. The van der Waals surface area contributed by atoms with Gasteiger partial charge in [0.2, 0.25) is 0 Å². The second kappa shape index (κ2) is 6.06. The average molecular weight is 365 g/mol. The van der Waals surface area contributed by atoms with Crippen LogP contribution < -0.4 is 5.32 Å². The van der Waals surface area contributed by atoms with Crippen LogP contribution in [0.25, 0.3) is 0 Å². The van der Waals surface area contributed by atoms with Crippen LogP contribution in [0, 0.1) is 0 Å². The number of rotatable bonds is 3. The highest BCUT2D eigenvalue weighted by Gasteiger charge is 2.14. The first kappa shape index (κ1) is 13.9. The Bertz CT molecular complexity index is 565. The third-order valence-electron chi connectivity index (χ3n) is 2.23. The van der Waals surface area contributed by atoms with Crippen molar-refractivity contribution in [2.75, 3.05) is 0 Å². The van der Waals surface area contributed by atoms with Crippen molar-refractivity contribution in [3.63, 3.8) is 0 Å². The number of carbonyl (C=O) groups is 1. The van der Waals surface area contributed by atoms with Gasteiger partial charge in [0.1, 0.15) is 0 Å². The molecule has 0 aliphatic rings. The molecule has 0 bridgehead atoms. The minimum atomic E-state index is -0.268. The summed E-state index contributed by atoms with van der Waals surface area (Å²) in [6.07, 6.45) is 0. The highest BCUT2D eigenvalue weighted by Crippen LogP contribution is 2.24. The summed E-state index contributed by atoms with van der Waals surface area (Å²) < 4.78 is 1.01. The van der Waals surface area contributed by atoms with Gasteiger partial charge in [0.05, 0.1) is 22.2 Å². The van der Waals surface area contributed by atoms with E-state index in [9.17, 15) is 4.79 Å². The zero-order valence-corrected chi connectivity index (χ0v) is 13.0. The first-order valence-corrected chi connectivity index (χ1v) is 7.46. The lowest BCUT2D eigenvalue weighted by atomic mass is 10.2. The Morgan fingerprint density at radius 1 is 1.33 bits per heavy atom. The number of hydrogen-bond donors (Lipinski definition) is 1. The molecule has 2 aromatic rings. The van der Waals surface area contributed by atoms with Crippen molar-refractivity contribution >= 4 is 56.4 Å². The van der Waals surface area contributed by atoms with E-state index in [1.807, 2.05) is 11.4 Å². The van der Waals surface area contributed by atoms with Crippen molar-refractivity contribution in [1.82, 2.24) is 5.32 Å². The monoisotopic (exact) mass is 363 g/mol. The molecule has 0 aliphatic carbocycles. The molecule has 0 unspecified atom stereocenters. The van der Waals surface area contributed by atoms with Gasteiger partial charge in [-0.3, -0.25) is 4.79 Å². The van der Waals surface area contributed by atoms with Crippen LogP contribution in [-0.4, -0.2) is 5.91 Å². The maximum Gasteiger partial charge on any atom is 0.254 e. The van der Waals surface area contributed by atoms with Crippen molar-refractivity contribution in [2.24, 2.45) is 0 Å². The molecule has 2 nitrogen and oxygen atoms in total. The molecule has 1 amide bonds. The van der Waals surface area contributed by atoms with Gasteiger partial charge in [-0.15, -0.1) is 11.3 Å². The Balaban J connectivity index is 2.08. The van der Waals surface area contributed by atoms with Gasteiger partial charge < -0.3 is 5.32 Å². The van der Waals surface area contributed by atoms with Gasteiger partial charge in [-0.25, -0.2) is 0 Å². The number of halogens is 3. The molecule has 0 fully saturated rings. The van der Waals surface area contributed by atoms with E-state index in [4.69, 9.17) is 23.2 Å². The molecule has 0 saturated heterocycles. The molecule has 1 heterocycles. The van der Waals surface area contributed by atoms with Crippen LogP contribution >= 0.6 is 50.5 Å². The standard InChI is InChI=1S/C12H8BrCl2NOS/c13-7-4-8(18-6-7)5-16-12(17)11-9(14)2-1-3-10(11)15/h1-4,6H,5H2,(H,16,17). The topological polar surface area (TPSA) is 29.1 Å². The van der Waals surface area contributed by atoms with Crippen LogP contribution in [0.5, 0.6) is 0 Å². The summed E-state index contributed by atoms with van der Waals surface area (Å²) >= 11 is 16.9. The van der Waals surface area contributed by atoms with E-state index in [1.165, 1.54) is 0 Å². The molecule has 0 aliphatic heterocycles. The molecule has 0 spiro atoms. The van der Waals surface area contributed by atoms with E-state index in [0.717, 1.165) is 9.35 Å². The van der Waals surface area contributed by atoms with Crippen molar-refractivity contribution in [3.8, 4) is 0 Å². The summed E-state index contributed by atoms with van der Waals surface area (Å²) in [7, 11) is 0. The van der Waals surface area contributed by atoms with Gasteiger partial charge in [0.15, 0.2) is 0 Å². The molecule has 1 aromatic carbocycles. The molecular formula is C12H8BrCl2NOS. The smallest absolute Gasteiger partial charge is 0.254 e. The number of benzene rings is 1. The van der Waals surface area contributed by atoms with Gasteiger partial charge in [-0.1, -0.05) is 29.3 Å². The van der Waals surface area contributed by atoms with E-state index in [-0.39, 0.29) is 5.91 Å². The Labute approximate surface area is 127 Å². The first-order valence-electron chi connectivity index (χ1n) is 5.03. The van der Waals surface area contributed by atoms with Gasteiger partial charge in [0.25, 0.3) is 5.91 Å². The lowest BCUT2D eigenvalue weighted by molar-refractivity contribution is 0.0951. The van der Waals surface area contributed by atoms with E-state index >= 15 is 0 Å². The number of amides is 1. The van der Waals surface area contributed by atoms with Crippen LogP contribution in [0.4, 0.5) is 0 Å². The summed E-state index contributed by atoms with van der Waals surface area (Å²) in [4.78, 5) is 13.0. The Morgan fingerprint density at radius 3 is 2.56 bits per heavy atom. The summed E-state index contributed by atoms with van der Waals surface area (Å²) in [5, 5.41) is 5.46. The summed E-state index contributed by atoms with van der Waals surface area (Å²) in [6, 6.07) is 6.95. The lowest BCUT2D eigenvalue weighted by Gasteiger charge is -2.07. The Hall–Kier alpha value is -0.550. The van der Waals surface area contributed by atoms with Gasteiger partial charge in [-0.2, -0.15) is 0 Å². The largest absolute Gasteiger partial charge is 0.347 e. The van der Waals surface area contributed by atoms with Crippen LogP contribution in [-0.2, 0) is 6.54 Å². The fraction of sp³-hybridized carbons (Fsp3) is 0.0833. The summed E-state index contributed by atoms with van der Waals surface area (Å²) in [5.41, 5.74) is 0.316. The molecule has 18 heavy (non-hydrogen) atoms. The minimum Gasteiger partial charge on any atom is -0.347 e. The van der Waals surface area contributed by atoms with Gasteiger partial charge >= 0.3 is 0 Å². The average Bonchev–Trinajstić information content (AvgIpc) is 2.72. The molecular weight excluding hydrogens is 357 g/mol. The van der Waals surface area contributed by atoms with Crippen LogP contribution in [0.1, 0.15) is 15.2 Å². The number of hydrogen-bond acceptors (Lipinski definition) is 2. The van der Waals surface area contributed by atoms with Crippen molar-refractivity contribution in [1.29, 1.82) is 0 Å². The summed E-state index contributed by atoms with van der Waals surface area (Å²) in [5.74, 6) is -0.268. The van der Waals surface area contributed by atoms with Crippen molar-refractivity contribution in [2.45, 2.75) is 6.54 Å². The highest BCUT2D eigenvalue weighted by atomic mass is 79.9. The second-order valence-corrected chi connectivity index (χ2v) is 6.24. The predicted molar refractivity (Wildman–Crippen MR) is 79.7 cm³/mol. The quantitative estimate of drug-likeness (QED) is 0.836. The fourth-order valence-corrected chi connectivity index (χ4v) is 3.38. The van der Waals surface area contributed by atoms with E-state index in [2.05, 4.69) is 21.2 Å². The number of carbonyl (C=O) groups excluding carboxylic acids is 1. The normalized spacial score (nSPS) is 10.4. The molecule has 0 radical (unpaired) electrons. The third-order valence-corrected chi connectivity index (χ3v) is 4.56. The zero-order valence-electron chi connectivity index (χ0n) is 9.04. The molecule has 6 heteroatoms. The molecule has 94 valence electrons. The molecule has 0 atom stereocenters. The predicted octanol–water partition coefficient (Wildman–Crippen LogP) is 4.75. The minimum absolute atomic E-state index is 0.268. The van der Waals surface area contributed by atoms with E-state index < -0.39 is 0 Å². The van der Waals surface area contributed by atoms with Gasteiger partial charge in [-0.05, 0) is 34.1 Å². The van der Waals surface area contributed by atoms with Crippen LogP contribution in [0.2, 0.25) is 10.0 Å². The second-order valence-electron chi connectivity index (χ2n) is 3.51. The maximum absolute atomic E-state index is 12.0. The molecule has 1 N–H and O–H groups in total. The van der Waals surface area contributed by atoms with Crippen molar-refractivity contribution < 1.29 is 4.79 Å². The summed E-state index contributed by atoms with van der Waals surface area (Å²) in [6.45, 7) is 0.455. The zero-order chi connectivity index (χ0) is 13.1. The molecule has 1 aromatic heterocycles. The van der Waals surface area contributed by atoms with Crippen LogP contribution in [0.3, 0.4) is 0 Å². The Morgan fingerprint density at radius 2 is 2.00 bits per heavy atom. The fourth-order valence-electron chi connectivity index (χ4n) is 1.42. The van der Waals surface area contributed by atoms with E-state index in [0.29, 0.717) is 22.2 Å². The Kier molecular flexibility index (Phi) is 4.67. The maximum atomic E-state index is 12.0. The molecule has 2 rings (SSSR count). The van der Waals surface area contributed by atoms with Crippen molar-refractivity contribution in [3.05, 3.63) is 54.6 Å². The third kappa shape index (κ3) is 3.26. The molecule has 0 saturated carbocycles. The number of nitrogens with one attached hydrogen (secondary N) is 1. The first-order chi connectivity index (χ1) is 8.58. The van der Waals surface area contributed by atoms with Gasteiger partial charge in [0, 0.05) is 14.7 Å². The van der Waals surface area contributed by atoms with Crippen LogP contribution in [0.15, 0.2) is 34.1 Å². The highest BCUT2D eigenvalue weighted by molar-refractivity contribution is 9.10. The number of thiophene rings is 1. The van der Waals surface area contributed by atoms with E-state index in [1.54, 1.807) is 29.5 Å². The lowest BCUT2D eigenvalue weighted by Crippen LogP contribution is -2.23.